The fourth-order valence-corrected chi connectivity index (χ4v) is 3.12. The molecule has 2 aromatic heterocycles. The van der Waals surface area contributed by atoms with E-state index in [-0.39, 0.29) is 11.6 Å². The Labute approximate surface area is 112 Å². The van der Waals surface area contributed by atoms with Gasteiger partial charge in [0.25, 0.3) is 0 Å². The van der Waals surface area contributed by atoms with Crippen LogP contribution < -0.4 is 4.74 Å². The van der Waals surface area contributed by atoms with Gasteiger partial charge in [0, 0.05) is 11.8 Å². The molecular formula is C14H10FNO2S. The molecule has 0 atom stereocenters. The lowest BCUT2D eigenvalue weighted by Crippen LogP contribution is -1.83. The van der Waals surface area contributed by atoms with E-state index < -0.39 is 0 Å². The molecule has 3 nitrogen and oxygen atoms in total. The molecule has 0 saturated heterocycles. The Morgan fingerprint density at radius 2 is 2.05 bits per heavy atom. The summed E-state index contributed by atoms with van der Waals surface area (Å²) in [6, 6.07) is 8.05. The summed E-state index contributed by atoms with van der Waals surface area (Å²) in [5.74, 6) is 0.236. The van der Waals surface area contributed by atoms with E-state index in [1.165, 1.54) is 17.4 Å². The normalized spacial score (nSPS) is 10.8. The highest BCUT2D eigenvalue weighted by Gasteiger charge is 2.18. The maximum absolute atomic E-state index is 13.8. The number of aromatic nitrogens is 1. The van der Waals surface area contributed by atoms with Gasteiger partial charge in [-0.15, -0.1) is 11.3 Å². The first-order valence-electron chi connectivity index (χ1n) is 5.61. The summed E-state index contributed by atoms with van der Waals surface area (Å²) in [4.78, 5) is 4.59. The molecule has 0 unspecified atom stereocenters. The summed E-state index contributed by atoms with van der Waals surface area (Å²) in [6.07, 6.45) is 1.55. The summed E-state index contributed by atoms with van der Waals surface area (Å²) in [5.41, 5.74) is 0.799. The standard InChI is InChI=1S/C14H10FNO2S/c1-18-10-6-7-16-11-12(17)13(19-14(10)11)8-4-2-3-5-9(8)15/h2-7,17H,1H3. The molecule has 2 heterocycles. The number of benzene rings is 1. The molecule has 0 saturated carbocycles. The number of nitrogens with zero attached hydrogens (tertiary/aromatic N) is 1. The number of hydrogen-bond acceptors (Lipinski definition) is 4. The molecule has 0 fully saturated rings. The largest absolute Gasteiger partial charge is 0.504 e. The molecule has 3 rings (SSSR count). The minimum absolute atomic E-state index is 0.0102. The summed E-state index contributed by atoms with van der Waals surface area (Å²) in [5, 5.41) is 10.2. The van der Waals surface area contributed by atoms with Crippen molar-refractivity contribution >= 4 is 21.6 Å². The maximum atomic E-state index is 13.8. The van der Waals surface area contributed by atoms with Gasteiger partial charge in [-0.05, 0) is 12.1 Å². The van der Waals surface area contributed by atoms with Crippen molar-refractivity contribution in [1.82, 2.24) is 4.98 Å². The van der Waals surface area contributed by atoms with E-state index in [0.717, 1.165) is 0 Å². The van der Waals surface area contributed by atoms with Crippen molar-refractivity contribution in [3.63, 3.8) is 0 Å². The van der Waals surface area contributed by atoms with E-state index in [2.05, 4.69) is 4.98 Å². The summed E-state index contributed by atoms with van der Waals surface area (Å²) in [7, 11) is 1.55. The second-order valence-corrected chi connectivity index (χ2v) is 4.97. The SMILES string of the molecule is COc1ccnc2c(O)c(-c3ccccc3F)sc12. The lowest BCUT2D eigenvalue weighted by molar-refractivity contribution is 0.420. The van der Waals surface area contributed by atoms with Gasteiger partial charge in [-0.25, -0.2) is 4.39 Å². The van der Waals surface area contributed by atoms with Crippen LogP contribution in [0.3, 0.4) is 0 Å². The third-order valence-corrected chi connectivity index (χ3v) is 4.07. The zero-order chi connectivity index (χ0) is 13.4. The zero-order valence-electron chi connectivity index (χ0n) is 10.1. The van der Waals surface area contributed by atoms with Gasteiger partial charge in [-0.2, -0.15) is 0 Å². The Balaban J connectivity index is 2.32. The summed E-state index contributed by atoms with van der Waals surface area (Å²) in [6.45, 7) is 0. The van der Waals surface area contributed by atoms with Gasteiger partial charge in [0.05, 0.1) is 16.7 Å². The first-order chi connectivity index (χ1) is 9.22. The topological polar surface area (TPSA) is 42.4 Å². The van der Waals surface area contributed by atoms with Crippen molar-refractivity contribution in [2.24, 2.45) is 0 Å². The molecule has 0 aliphatic carbocycles. The number of thiophene rings is 1. The minimum Gasteiger partial charge on any atom is -0.504 e. The lowest BCUT2D eigenvalue weighted by atomic mass is 10.1. The molecule has 19 heavy (non-hydrogen) atoms. The van der Waals surface area contributed by atoms with E-state index in [9.17, 15) is 9.50 Å². The molecule has 0 amide bonds. The van der Waals surface area contributed by atoms with Crippen LogP contribution in [-0.2, 0) is 0 Å². The third kappa shape index (κ3) is 1.82. The first kappa shape index (κ1) is 11.9. The van der Waals surface area contributed by atoms with Gasteiger partial charge in [-0.1, -0.05) is 18.2 Å². The molecule has 0 bridgehead atoms. The molecule has 5 heteroatoms. The first-order valence-corrected chi connectivity index (χ1v) is 6.43. The van der Waals surface area contributed by atoms with Crippen LogP contribution in [-0.4, -0.2) is 17.2 Å². The number of rotatable bonds is 2. The van der Waals surface area contributed by atoms with Crippen molar-refractivity contribution in [1.29, 1.82) is 0 Å². The third-order valence-electron chi connectivity index (χ3n) is 2.85. The number of halogens is 1. The Kier molecular flexibility index (Phi) is 2.83. The number of methoxy groups -OCH3 is 1. The highest BCUT2D eigenvalue weighted by atomic mass is 32.1. The van der Waals surface area contributed by atoms with E-state index >= 15 is 0 Å². The predicted octanol–water partition coefficient (Wildman–Crippen LogP) is 3.82. The molecular weight excluding hydrogens is 265 g/mol. The fourth-order valence-electron chi connectivity index (χ4n) is 1.94. The minimum atomic E-state index is -0.372. The predicted molar refractivity (Wildman–Crippen MR) is 73.2 cm³/mol. The van der Waals surface area contributed by atoms with Gasteiger partial charge in [0.15, 0.2) is 5.75 Å². The van der Waals surface area contributed by atoms with Crippen LogP contribution in [0, 0.1) is 5.82 Å². The van der Waals surface area contributed by atoms with Gasteiger partial charge in [-0.3, -0.25) is 4.98 Å². The Morgan fingerprint density at radius 3 is 2.79 bits per heavy atom. The van der Waals surface area contributed by atoms with Gasteiger partial charge in [0.1, 0.15) is 17.1 Å². The average molecular weight is 275 g/mol. The highest BCUT2D eigenvalue weighted by molar-refractivity contribution is 7.23. The maximum Gasteiger partial charge on any atom is 0.160 e. The molecule has 0 spiro atoms. The van der Waals surface area contributed by atoms with E-state index in [4.69, 9.17) is 4.74 Å². The number of hydrogen-bond donors (Lipinski definition) is 1. The van der Waals surface area contributed by atoms with Crippen molar-refractivity contribution in [3.05, 3.63) is 42.3 Å². The van der Waals surface area contributed by atoms with Crippen LogP contribution >= 0.6 is 11.3 Å². The Hall–Kier alpha value is -2.14. The Bertz CT molecular complexity index is 754. The van der Waals surface area contributed by atoms with Crippen molar-refractivity contribution in [2.75, 3.05) is 7.11 Å². The quantitative estimate of drug-likeness (QED) is 0.773. The van der Waals surface area contributed by atoms with Crippen LogP contribution in [0.1, 0.15) is 0 Å². The molecule has 0 aliphatic heterocycles. The molecule has 3 aromatic rings. The van der Waals surface area contributed by atoms with Crippen molar-refractivity contribution in [2.45, 2.75) is 0 Å². The summed E-state index contributed by atoms with van der Waals surface area (Å²) >= 11 is 1.26. The van der Waals surface area contributed by atoms with E-state index in [0.29, 0.717) is 26.4 Å². The monoisotopic (exact) mass is 275 g/mol. The molecule has 96 valence electrons. The van der Waals surface area contributed by atoms with E-state index in [1.807, 2.05) is 0 Å². The number of pyridine rings is 1. The second kappa shape index (κ2) is 4.51. The van der Waals surface area contributed by atoms with Crippen molar-refractivity contribution < 1.29 is 14.2 Å². The second-order valence-electron chi connectivity index (χ2n) is 3.95. The zero-order valence-corrected chi connectivity index (χ0v) is 10.9. The van der Waals surface area contributed by atoms with Crippen LogP contribution in [0.5, 0.6) is 11.5 Å². The van der Waals surface area contributed by atoms with Crippen LogP contribution in [0.25, 0.3) is 20.7 Å². The smallest absolute Gasteiger partial charge is 0.160 e. The van der Waals surface area contributed by atoms with E-state index in [1.54, 1.807) is 37.6 Å². The number of fused-ring (bicyclic) bond motifs is 1. The average Bonchev–Trinajstić information content (AvgIpc) is 2.77. The fraction of sp³-hybridized carbons (Fsp3) is 0.0714. The van der Waals surface area contributed by atoms with Gasteiger partial charge in [0.2, 0.25) is 0 Å². The summed E-state index contributed by atoms with van der Waals surface area (Å²) < 4.78 is 19.7. The van der Waals surface area contributed by atoms with Gasteiger partial charge >= 0.3 is 0 Å². The lowest BCUT2D eigenvalue weighted by Gasteiger charge is -1.99. The number of aromatic hydroxyl groups is 1. The molecule has 1 aromatic carbocycles. The van der Waals surface area contributed by atoms with Crippen LogP contribution in [0.2, 0.25) is 0 Å². The molecule has 0 aliphatic rings. The van der Waals surface area contributed by atoms with Gasteiger partial charge < -0.3 is 9.84 Å². The highest BCUT2D eigenvalue weighted by Crippen LogP contribution is 2.46. The Morgan fingerprint density at radius 1 is 1.26 bits per heavy atom. The number of ether oxygens (including phenoxy) is 1. The molecule has 1 N–H and O–H groups in total. The van der Waals surface area contributed by atoms with Crippen molar-refractivity contribution in [3.8, 4) is 21.9 Å². The van der Waals surface area contributed by atoms with Crippen LogP contribution in [0.4, 0.5) is 4.39 Å². The molecule has 0 radical (unpaired) electrons. The van der Waals surface area contributed by atoms with Crippen LogP contribution in [0.15, 0.2) is 36.5 Å².